The molecule has 0 spiro atoms. The normalized spacial score (nSPS) is 9.96. The van der Waals surface area contributed by atoms with Crippen LogP contribution in [0.1, 0.15) is 10.4 Å². The number of nitrogens with zero attached hydrogens (tertiary/aromatic N) is 1. The number of hydrogen-bond donors (Lipinski definition) is 1. The molecule has 0 saturated carbocycles. The van der Waals surface area contributed by atoms with Gasteiger partial charge in [-0.15, -0.1) is 0 Å². The van der Waals surface area contributed by atoms with Gasteiger partial charge >= 0.3 is 11.9 Å². The molecule has 1 aromatic heterocycles. The zero-order valence-corrected chi connectivity index (χ0v) is 13.4. The van der Waals surface area contributed by atoms with Crippen molar-refractivity contribution in [3.8, 4) is 0 Å². The summed E-state index contributed by atoms with van der Waals surface area (Å²) in [6.07, 6.45) is 1.44. The number of carbonyl (C=O) groups excluding carboxylic acids is 3. The molecule has 2 aromatic rings. The lowest BCUT2D eigenvalue weighted by molar-refractivity contribution is -0.147. The lowest BCUT2D eigenvalue weighted by atomic mass is 10.2. The van der Waals surface area contributed by atoms with Crippen molar-refractivity contribution in [2.75, 3.05) is 19.0 Å². The highest BCUT2D eigenvalue weighted by molar-refractivity contribution is 6.01. The predicted molar refractivity (Wildman–Crippen MR) is 88.1 cm³/mol. The smallest absolute Gasteiger partial charge is 0.339 e. The number of ether oxygens (including phenoxy) is 2. The fourth-order valence-electron chi connectivity index (χ4n) is 1.99. The molecule has 8 nitrogen and oxygen atoms in total. The summed E-state index contributed by atoms with van der Waals surface area (Å²) in [5.74, 6) is -1.95. The van der Waals surface area contributed by atoms with Gasteiger partial charge in [0.15, 0.2) is 6.61 Å². The maximum Gasteiger partial charge on any atom is 0.339 e. The number of pyridine rings is 1. The van der Waals surface area contributed by atoms with Crippen molar-refractivity contribution in [1.82, 2.24) is 4.57 Å². The summed E-state index contributed by atoms with van der Waals surface area (Å²) in [5.41, 5.74) is 0.0751. The largest absolute Gasteiger partial charge is 0.465 e. The molecule has 0 aliphatic heterocycles. The predicted octanol–water partition coefficient (Wildman–Crippen LogP) is 0.817. The Morgan fingerprint density at radius 3 is 2.52 bits per heavy atom. The quantitative estimate of drug-likeness (QED) is 0.778. The second-order valence-corrected chi connectivity index (χ2v) is 4.91. The van der Waals surface area contributed by atoms with Gasteiger partial charge in [0.25, 0.3) is 11.5 Å². The van der Waals surface area contributed by atoms with E-state index in [-0.39, 0.29) is 23.4 Å². The van der Waals surface area contributed by atoms with Crippen molar-refractivity contribution >= 4 is 23.5 Å². The molecule has 2 rings (SSSR count). The van der Waals surface area contributed by atoms with Crippen LogP contribution in [0.3, 0.4) is 0 Å². The van der Waals surface area contributed by atoms with Crippen LogP contribution in [-0.4, -0.2) is 36.1 Å². The minimum Gasteiger partial charge on any atom is -0.465 e. The molecule has 25 heavy (non-hydrogen) atoms. The summed E-state index contributed by atoms with van der Waals surface area (Å²) in [4.78, 5) is 46.7. The van der Waals surface area contributed by atoms with Crippen LogP contribution >= 0.6 is 0 Å². The topological polar surface area (TPSA) is 104 Å². The molecule has 1 amide bonds. The van der Waals surface area contributed by atoms with Gasteiger partial charge in [0, 0.05) is 12.3 Å². The first-order chi connectivity index (χ1) is 12.0. The molecule has 0 radical (unpaired) electrons. The zero-order chi connectivity index (χ0) is 18.2. The summed E-state index contributed by atoms with van der Waals surface area (Å²) in [6, 6.07) is 10.7. The Kier molecular flexibility index (Phi) is 6.05. The minimum absolute atomic E-state index is 0.181. The first-order valence-electron chi connectivity index (χ1n) is 7.29. The molecule has 8 heteroatoms. The van der Waals surface area contributed by atoms with Crippen LogP contribution in [0.2, 0.25) is 0 Å². The van der Waals surface area contributed by atoms with E-state index in [1.807, 2.05) is 0 Å². The number of anilines is 1. The summed E-state index contributed by atoms with van der Waals surface area (Å²) < 4.78 is 10.6. The van der Waals surface area contributed by atoms with E-state index in [2.05, 4.69) is 10.1 Å². The third-order valence-corrected chi connectivity index (χ3v) is 3.17. The average molecular weight is 344 g/mol. The van der Waals surface area contributed by atoms with E-state index in [1.165, 1.54) is 31.5 Å². The zero-order valence-electron chi connectivity index (χ0n) is 13.4. The minimum atomic E-state index is -0.732. The fraction of sp³-hybridized carbons (Fsp3) is 0.176. The van der Waals surface area contributed by atoms with Crippen LogP contribution in [0.25, 0.3) is 0 Å². The number of esters is 2. The van der Waals surface area contributed by atoms with E-state index in [4.69, 9.17) is 4.74 Å². The maximum absolute atomic E-state index is 11.9. The standard InChI is InChI=1S/C17H16N2O6/c1-24-17(23)12-6-2-3-7-13(12)18-14(20)11-25-16(22)10-19-9-5-4-8-15(19)21/h2-9H,10-11H2,1H3,(H,18,20). The van der Waals surface area contributed by atoms with Crippen molar-refractivity contribution in [2.24, 2.45) is 0 Å². The SMILES string of the molecule is COC(=O)c1ccccc1NC(=O)COC(=O)Cn1ccccc1=O. The number of amides is 1. The highest BCUT2D eigenvalue weighted by Crippen LogP contribution is 2.15. The van der Waals surface area contributed by atoms with Crippen molar-refractivity contribution in [3.05, 3.63) is 64.6 Å². The second kappa shape index (κ2) is 8.44. The first-order valence-corrected chi connectivity index (χ1v) is 7.29. The summed E-state index contributed by atoms with van der Waals surface area (Å²) in [5, 5.41) is 2.47. The molecule has 0 aliphatic rings. The Hall–Kier alpha value is -3.42. The van der Waals surface area contributed by atoms with E-state index >= 15 is 0 Å². The third kappa shape index (κ3) is 5.03. The number of hydrogen-bond acceptors (Lipinski definition) is 6. The van der Waals surface area contributed by atoms with E-state index in [0.717, 1.165) is 4.57 Å². The molecule has 0 bridgehead atoms. The fourth-order valence-corrected chi connectivity index (χ4v) is 1.99. The number of aromatic nitrogens is 1. The van der Waals surface area contributed by atoms with E-state index in [1.54, 1.807) is 24.3 Å². The summed E-state index contributed by atoms with van der Waals surface area (Å²) in [7, 11) is 1.23. The Morgan fingerprint density at radius 1 is 1.08 bits per heavy atom. The lowest BCUT2D eigenvalue weighted by Crippen LogP contribution is -2.27. The van der Waals surface area contributed by atoms with Gasteiger partial charge in [-0.05, 0) is 18.2 Å². The number of carbonyl (C=O) groups is 3. The molecule has 1 heterocycles. The van der Waals surface area contributed by atoms with Crippen molar-refractivity contribution < 1.29 is 23.9 Å². The monoisotopic (exact) mass is 344 g/mol. The molecular formula is C17H16N2O6. The van der Waals surface area contributed by atoms with E-state index in [0.29, 0.717) is 0 Å². The third-order valence-electron chi connectivity index (χ3n) is 3.17. The highest BCUT2D eigenvalue weighted by Gasteiger charge is 2.14. The number of methoxy groups -OCH3 is 1. The second-order valence-electron chi connectivity index (χ2n) is 4.91. The molecular weight excluding hydrogens is 328 g/mol. The molecule has 0 unspecified atom stereocenters. The molecule has 1 N–H and O–H groups in total. The Morgan fingerprint density at radius 2 is 1.80 bits per heavy atom. The van der Waals surface area contributed by atoms with Crippen molar-refractivity contribution in [1.29, 1.82) is 0 Å². The van der Waals surface area contributed by atoms with E-state index < -0.39 is 24.5 Å². The number of rotatable bonds is 6. The van der Waals surface area contributed by atoms with Crippen molar-refractivity contribution in [3.63, 3.8) is 0 Å². The molecule has 130 valence electrons. The molecule has 0 fully saturated rings. The average Bonchev–Trinajstić information content (AvgIpc) is 2.62. The van der Waals surface area contributed by atoms with Gasteiger partial charge in [-0.3, -0.25) is 14.4 Å². The molecule has 0 aliphatic carbocycles. The van der Waals surface area contributed by atoms with Gasteiger partial charge in [-0.25, -0.2) is 4.79 Å². The van der Waals surface area contributed by atoms with Crippen LogP contribution in [0, 0.1) is 0 Å². The van der Waals surface area contributed by atoms with Crippen LogP contribution in [0.5, 0.6) is 0 Å². The van der Waals surface area contributed by atoms with Gasteiger partial charge in [0.2, 0.25) is 0 Å². The summed E-state index contributed by atoms with van der Waals surface area (Å²) in [6.45, 7) is -0.846. The highest BCUT2D eigenvalue weighted by atomic mass is 16.5. The molecule has 1 aromatic carbocycles. The van der Waals surface area contributed by atoms with Gasteiger partial charge in [0.05, 0.1) is 18.4 Å². The number of para-hydroxylation sites is 1. The van der Waals surface area contributed by atoms with Crippen LogP contribution in [0.15, 0.2) is 53.5 Å². The maximum atomic E-state index is 11.9. The van der Waals surface area contributed by atoms with Crippen LogP contribution in [-0.2, 0) is 25.6 Å². The van der Waals surface area contributed by atoms with Gasteiger partial charge in [0.1, 0.15) is 6.54 Å². The Balaban J connectivity index is 1.91. The van der Waals surface area contributed by atoms with Crippen LogP contribution < -0.4 is 10.9 Å². The first kappa shape index (κ1) is 17.9. The van der Waals surface area contributed by atoms with Gasteiger partial charge in [-0.1, -0.05) is 18.2 Å². The molecule has 0 saturated heterocycles. The van der Waals surface area contributed by atoms with Gasteiger partial charge < -0.3 is 19.4 Å². The number of benzene rings is 1. The Labute approximate surface area is 143 Å². The van der Waals surface area contributed by atoms with E-state index in [9.17, 15) is 19.2 Å². The summed E-state index contributed by atoms with van der Waals surface area (Å²) >= 11 is 0. The Bertz CT molecular complexity index is 843. The van der Waals surface area contributed by atoms with Crippen molar-refractivity contribution in [2.45, 2.75) is 6.54 Å². The number of nitrogens with one attached hydrogen (secondary N) is 1. The van der Waals surface area contributed by atoms with Gasteiger partial charge in [-0.2, -0.15) is 0 Å². The lowest BCUT2D eigenvalue weighted by Gasteiger charge is -2.10. The van der Waals surface area contributed by atoms with Crippen LogP contribution in [0.4, 0.5) is 5.69 Å². The molecule has 0 atom stereocenters.